The number of carbonyl (C=O) groups is 2. The highest BCUT2D eigenvalue weighted by Gasteiger charge is 2.31. The van der Waals surface area contributed by atoms with E-state index in [2.05, 4.69) is 29.0 Å². The van der Waals surface area contributed by atoms with Crippen LogP contribution in [0.1, 0.15) is 65.2 Å². The summed E-state index contributed by atoms with van der Waals surface area (Å²) in [5.74, 6) is 0.745. The molecule has 8 nitrogen and oxygen atoms in total. The van der Waals surface area contributed by atoms with Crippen LogP contribution in [0.5, 0.6) is 6.01 Å². The quantitative estimate of drug-likeness (QED) is 0.713. The van der Waals surface area contributed by atoms with Gasteiger partial charge in [-0.25, -0.2) is 0 Å². The van der Waals surface area contributed by atoms with Gasteiger partial charge in [-0.05, 0) is 67.7 Å². The van der Waals surface area contributed by atoms with Gasteiger partial charge in [0.2, 0.25) is 0 Å². The fraction of sp³-hybridized carbons (Fsp3) is 0.500. The van der Waals surface area contributed by atoms with E-state index in [9.17, 15) is 9.59 Å². The van der Waals surface area contributed by atoms with Gasteiger partial charge in [-0.1, -0.05) is 6.07 Å². The van der Waals surface area contributed by atoms with E-state index in [-0.39, 0.29) is 23.7 Å². The SMILES string of the molecule is COC(=O)CC1CCC(c2ccc(N3CCc4nc(OC)nc(N)c4C3=O)cc2C)CC1. The third kappa shape index (κ3) is 4.26. The van der Waals surface area contributed by atoms with Crippen LogP contribution in [0.15, 0.2) is 18.2 Å². The lowest BCUT2D eigenvalue weighted by Crippen LogP contribution is -2.39. The van der Waals surface area contributed by atoms with E-state index in [4.69, 9.17) is 15.2 Å². The molecule has 0 saturated heterocycles. The monoisotopic (exact) mass is 438 g/mol. The number of methoxy groups -OCH3 is 2. The van der Waals surface area contributed by atoms with E-state index >= 15 is 0 Å². The van der Waals surface area contributed by atoms with E-state index in [1.54, 1.807) is 4.90 Å². The molecule has 1 amide bonds. The second kappa shape index (κ2) is 9.14. The maximum absolute atomic E-state index is 13.2. The van der Waals surface area contributed by atoms with Gasteiger partial charge in [0.05, 0.1) is 19.9 Å². The summed E-state index contributed by atoms with van der Waals surface area (Å²) in [6.45, 7) is 2.63. The van der Waals surface area contributed by atoms with E-state index in [1.165, 1.54) is 25.3 Å². The zero-order valence-corrected chi connectivity index (χ0v) is 18.9. The fourth-order valence-corrected chi connectivity index (χ4v) is 4.99. The van der Waals surface area contributed by atoms with Crippen molar-refractivity contribution in [3.8, 4) is 6.01 Å². The summed E-state index contributed by atoms with van der Waals surface area (Å²) in [6.07, 6.45) is 5.30. The Bertz CT molecular complexity index is 1030. The van der Waals surface area contributed by atoms with Gasteiger partial charge in [0.1, 0.15) is 11.4 Å². The lowest BCUT2D eigenvalue weighted by Gasteiger charge is -2.31. The van der Waals surface area contributed by atoms with Crippen LogP contribution in [0, 0.1) is 12.8 Å². The molecule has 170 valence electrons. The first-order valence-electron chi connectivity index (χ1n) is 11.1. The molecule has 1 aliphatic carbocycles. The predicted octanol–water partition coefficient (Wildman–Crippen LogP) is 3.42. The molecule has 1 fully saturated rings. The second-order valence-corrected chi connectivity index (χ2v) is 8.66. The number of nitrogens with zero attached hydrogens (tertiary/aromatic N) is 3. The Morgan fingerprint density at radius 3 is 2.59 bits per heavy atom. The van der Waals surface area contributed by atoms with Gasteiger partial charge in [0.15, 0.2) is 0 Å². The van der Waals surface area contributed by atoms with Crippen molar-refractivity contribution >= 4 is 23.4 Å². The van der Waals surface area contributed by atoms with E-state index in [0.29, 0.717) is 42.5 Å². The average molecular weight is 439 g/mol. The summed E-state index contributed by atoms with van der Waals surface area (Å²) in [7, 11) is 2.93. The molecule has 1 saturated carbocycles. The number of anilines is 2. The number of fused-ring (bicyclic) bond motifs is 1. The Hall–Kier alpha value is -3.16. The lowest BCUT2D eigenvalue weighted by atomic mass is 9.76. The molecule has 1 aromatic carbocycles. The van der Waals surface area contributed by atoms with E-state index in [1.807, 2.05) is 6.07 Å². The maximum Gasteiger partial charge on any atom is 0.318 e. The number of rotatable bonds is 5. The molecule has 2 aliphatic rings. The molecule has 2 aromatic rings. The number of esters is 1. The molecule has 0 radical (unpaired) electrons. The van der Waals surface area contributed by atoms with E-state index < -0.39 is 0 Å². The summed E-state index contributed by atoms with van der Waals surface area (Å²) in [6, 6.07) is 6.43. The minimum absolute atomic E-state index is 0.119. The van der Waals surface area contributed by atoms with Crippen molar-refractivity contribution in [1.29, 1.82) is 0 Å². The molecular formula is C24H30N4O4. The van der Waals surface area contributed by atoms with Crippen LogP contribution in [0.3, 0.4) is 0 Å². The molecule has 2 heterocycles. The first kappa shape index (κ1) is 22.0. The van der Waals surface area contributed by atoms with Crippen molar-refractivity contribution in [3.05, 3.63) is 40.6 Å². The lowest BCUT2D eigenvalue weighted by molar-refractivity contribution is -0.142. The second-order valence-electron chi connectivity index (χ2n) is 8.66. The summed E-state index contributed by atoms with van der Waals surface area (Å²) in [4.78, 5) is 34.9. The highest BCUT2D eigenvalue weighted by molar-refractivity contribution is 6.10. The van der Waals surface area contributed by atoms with Crippen molar-refractivity contribution in [1.82, 2.24) is 9.97 Å². The number of hydrogen-bond acceptors (Lipinski definition) is 7. The Labute approximate surface area is 188 Å². The summed E-state index contributed by atoms with van der Waals surface area (Å²) >= 11 is 0. The van der Waals surface area contributed by atoms with Crippen LogP contribution in [0.25, 0.3) is 0 Å². The van der Waals surface area contributed by atoms with Crippen molar-refractivity contribution in [2.75, 3.05) is 31.4 Å². The summed E-state index contributed by atoms with van der Waals surface area (Å²) in [5.41, 5.74) is 10.4. The van der Waals surface area contributed by atoms with Gasteiger partial charge in [-0.3, -0.25) is 9.59 Å². The first-order valence-corrected chi connectivity index (χ1v) is 11.1. The highest BCUT2D eigenvalue weighted by atomic mass is 16.5. The Morgan fingerprint density at radius 1 is 1.19 bits per heavy atom. The van der Waals surface area contributed by atoms with Crippen molar-refractivity contribution in [2.24, 2.45) is 5.92 Å². The van der Waals surface area contributed by atoms with Crippen molar-refractivity contribution < 1.29 is 19.1 Å². The molecule has 0 bridgehead atoms. The number of carbonyl (C=O) groups excluding carboxylic acids is 2. The maximum atomic E-state index is 13.2. The minimum atomic E-state index is -0.179. The topological polar surface area (TPSA) is 108 Å². The number of nitrogen functional groups attached to an aromatic ring is 1. The molecule has 0 atom stereocenters. The average Bonchev–Trinajstić information content (AvgIpc) is 2.79. The summed E-state index contributed by atoms with van der Waals surface area (Å²) in [5, 5.41) is 0. The molecule has 0 unspecified atom stereocenters. The third-order valence-electron chi connectivity index (χ3n) is 6.74. The first-order chi connectivity index (χ1) is 15.4. The van der Waals surface area contributed by atoms with Gasteiger partial charge in [0.25, 0.3) is 5.91 Å². The van der Waals surface area contributed by atoms with Crippen LogP contribution in [-0.2, 0) is 16.0 Å². The standard InChI is InChI=1S/C24H30N4O4/c1-14-12-17(8-9-18(14)16-6-4-15(5-7-16)13-20(29)31-2)28-11-10-19-21(23(28)30)22(25)27-24(26-19)32-3/h8-9,12,15-16H,4-7,10-11,13H2,1-3H3,(H2,25,26,27). The fourth-order valence-electron chi connectivity index (χ4n) is 4.99. The van der Waals surface area contributed by atoms with Gasteiger partial charge in [0, 0.05) is 25.1 Å². The van der Waals surface area contributed by atoms with Gasteiger partial charge in [-0.2, -0.15) is 9.97 Å². The molecular weight excluding hydrogens is 408 g/mol. The van der Waals surface area contributed by atoms with Crippen LogP contribution in [-0.4, -0.2) is 42.6 Å². The Kier molecular flexibility index (Phi) is 6.30. The number of ether oxygens (including phenoxy) is 2. The van der Waals surface area contributed by atoms with Crippen LogP contribution >= 0.6 is 0 Å². The summed E-state index contributed by atoms with van der Waals surface area (Å²) < 4.78 is 9.89. The van der Waals surface area contributed by atoms with Gasteiger partial charge < -0.3 is 20.1 Å². The van der Waals surface area contributed by atoms with Crippen LogP contribution in [0.2, 0.25) is 0 Å². The Morgan fingerprint density at radius 2 is 1.94 bits per heavy atom. The zero-order valence-electron chi connectivity index (χ0n) is 18.9. The molecule has 2 N–H and O–H groups in total. The molecule has 4 rings (SSSR count). The van der Waals surface area contributed by atoms with Crippen LogP contribution < -0.4 is 15.4 Å². The number of benzene rings is 1. The van der Waals surface area contributed by atoms with Crippen molar-refractivity contribution in [3.63, 3.8) is 0 Å². The van der Waals surface area contributed by atoms with Gasteiger partial charge in [-0.15, -0.1) is 0 Å². The number of aromatic nitrogens is 2. The number of hydrogen-bond donors (Lipinski definition) is 1. The number of aryl methyl sites for hydroxylation is 1. The smallest absolute Gasteiger partial charge is 0.318 e. The Balaban J connectivity index is 1.48. The third-order valence-corrected chi connectivity index (χ3v) is 6.74. The van der Waals surface area contributed by atoms with E-state index in [0.717, 1.165) is 31.4 Å². The molecule has 1 aliphatic heterocycles. The van der Waals surface area contributed by atoms with Crippen LogP contribution in [0.4, 0.5) is 11.5 Å². The molecule has 8 heteroatoms. The predicted molar refractivity (Wildman–Crippen MR) is 121 cm³/mol. The molecule has 0 spiro atoms. The minimum Gasteiger partial charge on any atom is -0.469 e. The highest BCUT2D eigenvalue weighted by Crippen LogP contribution is 2.39. The zero-order chi connectivity index (χ0) is 22.8. The molecule has 32 heavy (non-hydrogen) atoms. The van der Waals surface area contributed by atoms with Crippen molar-refractivity contribution in [2.45, 2.75) is 51.4 Å². The normalized spacial score (nSPS) is 20.6. The number of amides is 1. The number of nitrogens with two attached hydrogens (primary N) is 1. The largest absolute Gasteiger partial charge is 0.469 e. The molecule has 1 aromatic heterocycles. The van der Waals surface area contributed by atoms with Gasteiger partial charge >= 0.3 is 12.0 Å².